The Morgan fingerprint density at radius 1 is 0.921 bits per heavy atom. The van der Waals surface area contributed by atoms with E-state index in [2.05, 4.69) is 13.8 Å². The summed E-state index contributed by atoms with van der Waals surface area (Å²) in [6.07, 6.45) is 16.7. The van der Waals surface area contributed by atoms with Crippen molar-refractivity contribution < 1.29 is 23.7 Å². The van der Waals surface area contributed by atoms with Gasteiger partial charge in [0.25, 0.3) is 0 Å². The second-order valence-electron chi connectivity index (χ2n) is 9.84. The summed E-state index contributed by atoms with van der Waals surface area (Å²) in [5.74, 6) is 2.26. The number of fused-ring (bicyclic) bond motifs is 4. The van der Waals surface area contributed by atoms with Gasteiger partial charge in [0, 0.05) is 29.3 Å². The largest absolute Gasteiger partial charge is 0.493 e. The standard InChI is InChI=1S/C33H40O5/c1-4-7-9-13-20-35-25(15-6-3)22-27-24-33(29-17-12-11-16-28(29)32(34)38-33)30-19-18-26(23-31(30)37-27)36-21-14-10-8-5-2/h6,11-12,15-19,22-24H,4-5,7-10,13-14,20-21H2,1-3H3/b15-6-,25-22+. The van der Waals surface area contributed by atoms with E-state index in [0.717, 1.165) is 42.6 Å². The number of benzene rings is 2. The lowest BCUT2D eigenvalue weighted by atomic mass is 9.83. The Morgan fingerprint density at radius 2 is 1.68 bits per heavy atom. The minimum atomic E-state index is -1.07. The lowest BCUT2D eigenvalue weighted by molar-refractivity contribution is 0.0247. The van der Waals surface area contributed by atoms with E-state index in [-0.39, 0.29) is 5.97 Å². The summed E-state index contributed by atoms with van der Waals surface area (Å²) < 4.78 is 24.6. The minimum Gasteiger partial charge on any atom is -0.493 e. The van der Waals surface area contributed by atoms with Gasteiger partial charge < -0.3 is 18.9 Å². The number of rotatable bonds is 14. The van der Waals surface area contributed by atoms with E-state index in [0.29, 0.717) is 36.0 Å². The molecule has 0 aliphatic carbocycles. The first-order chi connectivity index (χ1) is 18.6. The second-order valence-corrected chi connectivity index (χ2v) is 9.84. The third-order valence-electron chi connectivity index (χ3n) is 6.88. The molecule has 0 radical (unpaired) electrons. The summed E-state index contributed by atoms with van der Waals surface area (Å²) in [5, 5.41) is 0. The van der Waals surface area contributed by atoms with Gasteiger partial charge in [-0.3, -0.25) is 0 Å². The maximum atomic E-state index is 12.9. The first-order valence-corrected chi connectivity index (χ1v) is 14.1. The summed E-state index contributed by atoms with van der Waals surface area (Å²) in [4.78, 5) is 12.9. The first kappa shape index (κ1) is 27.6. The van der Waals surface area contributed by atoms with Crippen molar-refractivity contribution in [3.8, 4) is 11.5 Å². The van der Waals surface area contributed by atoms with E-state index < -0.39 is 5.60 Å². The zero-order valence-corrected chi connectivity index (χ0v) is 23.0. The van der Waals surface area contributed by atoms with Crippen LogP contribution in [0.2, 0.25) is 0 Å². The number of carbonyl (C=O) groups excluding carboxylic acids is 1. The molecule has 2 aliphatic heterocycles. The number of hydrogen-bond acceptors (Lipinski definition) is 5. The van der Waals surface area contributed by atoms with E-state index in [1.54, 1.807) is 0 Å². The van der Waals surface area contributed by atoms with Crippen LogP contribution in [-0.2, 0) is 15.1 Å². The van der Waals surface area contributed by atoms with Crippen molar-refractivity contribution in [2.75, 3.05) is 13.2 Å². The maximum absolute atomic E-state index is 12.9. The highest BCUT2D eigenvalue weighted by atomic mass is 16.6. The van der Waals surface area contributed by atoms with Crippen molar-refractivity contribution in [2.24, 2.45) is 0 Å². The van der Waals surface area contributed by atoms with Crippen molar-refractivity contribution in [1.29, 1.82) is 0 Å². The van der Waals surface area contributed by atoms with Gasteiger partial charge in [0.05, 0.1) is 18.8 Å². The molecular weight excluding hydrogens is 476 g/mol. The Labute approximate surface area is 227 Å². The first-order valence-electron chi connectivity index (χ1n) is 14.1. The van der Waals surface area contributed by atoms with Crippen LogP contribution >= 0.6 is 0 Å². The molecule has 1 atom stereocenters. The quantitative estimate of drug-likeness (QED) is 0.109. The zero-order chi connectivity index (χ0) is 26.8. The molecule has 5 nitrogen and oxygen atoms in total. The molecule has 2 aliphatic rings. The van der Waals surface area contributed by atoms with Crippen molar-refractivity contribution in [3.05, 3.63) is 95.0 Å². The van der Waals surface area contributed by atoms with Gasteiger partial charge in [-0.15, -0.1) is 0 Å². The van der Waals surface area contributed by atoms with Gasteiger partial charge in [-0.2, -0.15) is 0 Å². The van der Waals surface area contributed by atoms with Gasteiger partial charge in [0.15, 0.2) is 5.60 Å². The van der Waals surface area contributed by atoms with Crippen molar-refractivity contribution in [2.45, 2.75) is 77.7 Å². The predicted octanol–water partition coefficient (Wildman–Crippen LogP) is 8.39. The summed E-state index contributed by atoms with van der Waals surface area (Å²) in [5.41, 5.74) is 1.08. The number of hydrogen-bond donors (Lipinski definition) is 0. The van der Waals surface area contributed by atoms with E-state index >= 15 is 0 Å². The molecule has 0 amide bonds. The molecule has 4 rings (SSSR count). The van der Waals surface area contributed by atoms with Crippen LogP contribution in [0.3, 0.4) is 0 Å². The van der Waals surface area contributed by atoms with Gasteiger partial charge in [-0.25, -0.2) is 4.79 Å². The maximum Gasteiger partial charge on any atom is 0.340 e. The van der Waals surface area contributed by atoms with Crippen LogP contribution in [0, 0.1) is 0 Å². The third-order valence-corrected chi connectivity index (χ3v) is 6.88. The highest BCUT2D eigenvalue weighted by Crippen LogP contribution is 2.50. The molecule has 0 saturated heterocycles. The highest BCUT2D eigenvalue weighted by molar-refractivity contribution is 5.96. The Hall–Kier alpha value is -3.47. The number of esters is 1. The van der Waals surface area contributed by atoms with Crippen molar-refractivity contribution >= 4 is 5.97 Å². The number of allylic oxidation sites excluding steroid dienone is 3. The van der Waals surface area contributed by atoms with Crippen molar-refractivity contribution in [1.82, 2.24) is 0 Å². The van der Waals surface area contributed by atoms with Crippen LogP contribution in [-0.4, -0.2) is 19.2 Å². The highest BCUT2D eigenvalue weighted by Gasteiger charge is 2.49. The molecular formula is C33H40O5. The van der Waals surface area contributed by atoms with Crippen molar-refractivity contribution in [3.63, 3.8) is 0 Å². The van der Waals surface area contributed by atoms with Crippen LogP contribution in [0.1, 0.15) is 93.6 Å². The van der Waals surface area contributed by atoms with E-state index in [1.165, 1.54) is 25.7 Å². The van der Waals surface area contributed by atoms with Crippen LogP contribution < -0.4 is 9.47 Å². The molecule has 0 fully saturated rings. The number of unbranched alkanes of at least 4 members (excludes halogenated alkanes) is 6. The van der Waals surface area contributed by atoms with E-state index in [4.69, 9.17) is 18.9 Å². The fraction of sp³-hybridized carbons (Fsp3) is 0.424. The molecule has 0 aromatic heterocycles. The summed E-state index contributed by atoms with van der Waals surface area (Å²) in [7, 11) is 0. The summed E-state index contributed by atoms with van der Waals surface area (Å²) in [6, 6.07) is 13.3. The van der Waals surface area contributed by atoms with Gasteiger partial charge in [0.1, 0.15) is 23.0 Å². The fourth-order valence-corrected chi connectivity index (χ4v) is 4.92. The lowest BCUT2D eigenvalue weighted by Gasteiger charge is -2.32. The molecule has 0 N–H and O–H groups in total. The van der Waals surface area contributed by atoms with E-state index in [1.807, 2.05) is 73.7 Å². The number of carbonyl (C=O) groups is 1. The Kier molecular flexibility index (Phi) is 9.69. The molecule has 38 heavy (non-hydrogen) atoms. The molecule has 0 saturated carbocycles. The summed E-state index contributed by atoms with van der Waals surface area (Å²) >= 11 is 0. The Morgan fingerprint density at radius 3 is 2.45 bits per heavy atom. The lowest BCUT2D eigenvalue weighted by Crippen LogP contribution is -2.30. The number of ether oxygens (including phenoxy) is 4. The SMILES string of the molecule is C/C=C\C(=C/C1=CC2(OC(=O)c3ccccc32)c2ccc(OCCCCCC)cc2O1)OCCCCCC. The van der Waals surface area contributed by atoms with Gasteiger partial charge >= 0.3 is 5.97 Å². The third kappa shape index (κ3) is 6.32. The molecule has 2 aromatic rings. The molecule has 1 spiro atoms. The molecule has 202 valence electrons. The van der Waals surface area contributed by atoms with Gasteiger partial charge in [-0.1, -0.05) is 76.6 Å². The fourth-order valence-electron chi connectivity index (χ4n) is 4.92. The van der Waals surface area contributed by atoms with Gasteiger partial charge in [-0.05, 0) is 44.0 Å². The molecule has 2 aromatic carbocycles. The monoisotopic (exact) mass is 516 g/mol. The molecule has 1 unspecified atom stereocenters. The topological polar surface area (TPSA) is 54.0 Å². The normalized spacial score (nSPS) is 18.1. The van der Waals surface area contributed by atoms with Crippen LogP contribution in [0.25, 0.3) is 0 Å². The molecule has 2 heterocycles. The second kappa shape index (κ2) is 13.4. The Balaban J connectivity index is 1.66. The summed E-state index contributed by atoms with van der Waals surface area (Å²) in [6.45, 7) is 7.65. The van der Waals surface area contributed by atoms with Crippen LogP contribution in [0.4, 0.5) is 0 Å². The zero-order valence-electron chi connectivity index (χ0n) is 23.0. The molecule has 0 bridgehead atoms. The van der Waals surface area contributed by atoms with Crippen LogP contribution in [0.5, 0.6) is 11.5 Å². The van der Waals surface area contributed by atoms with E-state index in [9.17, 15) is 4.79 Å². The van der Waals surface area contributed by atoms with Crippen LogP contribution in [0.15, 0.2) is 78.3 Å². The average molecular weight is 517 g/mol. The minimum absolute atomic E-state index is 0.342. The molecule has 5 heteroatoms. The predicted molar refractivity (Wildman–Crippen MR) is 150 cm³/mol. The average Bonchev–Trinajstić information content (AvgIpc) is 3.20. The smallest absolute Gasteiger partial charge is 0.340 e. The Bertz CT molecular complexity index is 1190. The van der Waals surface area contributed by atoms with Gasteiger partial charge in [0.2, 0.25) is 0 Å².